The Morgan fingerprint density at radius 2 is 2.00 bits per heavy atom. The molecular formula is C17H23NO3. The van der Waals surface area contributed by atoms with Gasteiger partial charge in [0.15, 0.2) is 0 Å². The van der Waals surface area contributed by atoms with Crippen LogP contribution in [0.25, 0.3) is 0 Å². The third-order valence-electron chi connectivity index (χ3n) is 4.06. The molecule has 0 saturated heterocycles. The largest absolute Gasteiger partial charge is 0.465 e. The van der Waals surface area contributed by atoms with Gasteiger partial charge in [0.1, 0.15) is 6.29 Å². The highest BCUT2D eigenvalue weighted by molar-refractivity contribution is 5.68. The maximum Gasteiger partial charge on any atom is 0.407 e. The van der Waals surface area contributed by atoms with Gasteiger partial charge in [-0.1, -0.05) is 51.1 Å². The Hall–Kier alpha value is -1.84. The van der Waals surface area contributed by atoms with Crippen molar-refractivity contribution in [2.75, 3.05) is 13.1 Å². The van der Waals surface area contributed by atoms with Gasteiger partial charge in [-0.25, -0.2) is 4.79 Å². The van der Waals surface area contributed by atoms with Crippen LogP contribution in [-0.2, 0) is 10.2 Å². The number of hydrogen-bond donors (Lipinski definition) is 1. The Morgan fingerprint density at radius 1 is 1.38 bits per heavy atom. The fourth-order valence-corrected chi connectivity index (χ4v) is 2.99. The van der Waals surface area contributed by atoms with Crippen LogP contribution in [0.1, 0.15) is 32.8 Å². The van der Waals surface area contributed by atoms with Crippen LogP contribution >= 0.6 is 0 Å². The summed E-state index contributed by atoms with van der Waals surface area (Å²) in [5.74, 6) is -0.0817. The van der Waals surface area contributed by atoms with Crippen molar-refractivity contribution in [1.29, 1.82) is 0 Å². The summed E-state index contributed by atoms with van der Waals surface area (Å²) in [6.45, 7) is 6.89. The van der Waals surface area contributed by atoms with Crippen molar-refractivity contribution in [3.05, 3.63) is 35.9 Å². The van der Waals surface area contributed by atoms with Crippen LogP contribution in [0.3, 0.4) is 0 Å². The standard InChI is InChI=1S/C17H23NO3/c1-16(2,3)11-18(15(20)21)12-17(9-14(17)10-19)13-7-5-4-6-8-13/h4-8,10,14H,9,11-12H2,1-3H3,(H,20,21)/t14-,17-/m0/s1. The minimum Gasteiger partial charge on any atom is -0.465 e. The van der Waals surface area contributed by atoms with Crippen molar-refractivity contribution in [3.8, 4) is 0 Å². The zero-order valence-electron chi connectivity index (χ0n) is 12.9. The van der Waals surface area contributed by atoms with Crippen molar-refractivity contribution < 1.29 is 14.7 Å². The lowest BCUT2D eigenvalue weighted by Crippen LogP contribution is -2.42. The van der Waals surface area contributed by atoms with E-state index in [0.717, 1.165) is 18.3 Å². The van der Waals surface area contributed by atoms with Crippen molar-refractivity contribution in [2.24, 2.45) is 11.3 Å². The molecule has 2 atom stereocenters. The van der Waals surface area contributed by atoms with Gasteiger partial charge in [0.05, 0.1) is 0 Å². The van der Waals surface area contributed by atoms with Crippen molar-refractivity contribution in [2.45, 2.75) is 32.6 Å². The van der Waals surface area contributed by atoms with Crippen molar-refractivity contribution in [1.82, 2.24) is 4.90 Å². The zero-order chi connectivity index (χ0) is 15.7. The lowest BCUT2D eigenvalue weighted by molar-refractivity contribution is -0.109. The summed E-state index contributed by atoms with van der Waals surface area (Å²) in [5.41, 5.74) is 0.608. The molecule has 1 saturated carbocycles. The smallest absolute Gasteiger partial charge is 0.407 e. The van der Waals surface area contributed by atoms with Crippen molar-refractivity contribution in [3.63, 3.8) is 0 Å². The molecule has 0 radical (unpaired) electrons. The first-order valence-electron chi connectivity index (χ1n) is 7.27. The Bertz CT molecular complexity index is 521. The van der Waals surface area contributed by atoms with E-state index < -0.39 is 6.09 Å². The molecule has 0 bridgehead atoms. The highest BCUT2D eigenvalue weighted by Gasteiger charge is 2.56. The molecule has 1 aliphatic carbocycles. The van der Waals surface area contributed by atoms with E-state index in [9.17, 15) is 14.7 Å². The van der Waals surface area contributed by atoms with Crippen LogP contribution in [0.2, 0.25) is 0 Å². The molecule has 1 fully saturated rings. The first-order valence-corrected chi connectivity index (χ1v) is 7.27. The molecule has 1 N–H and O–H groups in total. The predicted molar refractivity (Wildman–Crippen MR) is 81.3 cm³/mol. The van der Waals surface area contributed by atoms with Gasteiger partial charge in [-0.3, -0.25) is 0 Å². The first kappa shape index (κ1) is 15.5. The fourth-order valence-electron chi connectivity index (χ4n) is 2.99. The van der Waals surface area contributed by atoms with E-state index in [0.29, 0.717) is 13.1 Å². The van der Waals surface area contributed by atoms with Crippen LogP contribution < -0.4 is 0 Å². The third kappa shape index (κ3) is 3.43. The zero-order valence-corrected chi connectivity index (χ0v) is 12.9. The average Bonchev–Trinajstić information content (AvgIpc) is 3.12. The second-order valence-electron chi connectivity index (χ2n) is 7.17. The number of carbonyl (C=O) groups excluding carboxylic acids is 1. The van der Waals surface area contributed by atoms with Gasteiger partial charge in [0.25, 0.3) is 0 Å². The summed E-state index contributed by atoms with van der Waals surface area (Å²) < 4.78 is 0. The SMILES string of the molecule is CC(C)(C)CN(C[C@]1(c2ccccc2)C[C@H]1C=O)C(=O)O. The maximum absolute atomic E-state index is 11.5. The van der Waals surface area contributed by atoms with E-state index in [1.807, 2.05) is 51.1 Å². The number of rotatable bonds is 5. The molecule has 4 nitrogen and oxygen atoms in total. The van der Waals surface area contributed by atoms with E-state index >= 15 is 0 Å². The summed E-state index contributed by atoms with van der Waals surface area (Å²) in [7, 11) is 0. The molecule has 1 aliphatic rings. The molecule has 0 aliphatic heterocycles. The van der Waals surface area contributed by atoms with E-state index in [1.54, 1.807) is 0 Å². The molecule has 4 heteroatoms. The lowest BCUT2D eigenvalue weighted by Gasteiger charge is -2.31. The summed E-state index contributed by atoms with van der Waals surface area (Å²) in [6.07, 6.45) is 0.773. The van der Waals surface area contributed by atoms with Gasteiger partial charge in [0.2, 0.25) is 0 Å². The quantitative estimate of drug-likeness (QED) is 0.847. The van der Waals surface area contributed by atoms with Gasteiger partial charge in [-0.15, -0.1) is 0 Å². The van der Waals surface area contributed by atoms with Gasteiger partial charge in [0, 0.05) is 24.4 Å². The van der Waals surface area contributed by atoms with Gasteiger partial charge in [-0.05, 0) is 17.4 Å². The van der Waals surface area contributed by atoms with E-state index in [2.05, 4.69) is 0 Å². The van der Waals surface area contributed by atoms with Gasteiger partial charge in [-0.2, -0.15) is 0 Å². The second kappa shape index (κ2) is 5.51. The topological polar surface area (TPSA) is 57.6 Å². The van der Waals surface area contributed by atoms with E-state index in [4.69, 9.17) is 0 Å². The molecule has 1 aromatic carbocycles. The lowest BCUT2D eigenvalue weighted by atomic mass is 9.91. The number of carboxylic acid groups (broad SMARTS) is 1. The van der Waals surface area contributed by atoms with E-state index in [1.165, 1.54) is 4.90 Å². The Morgan fingerprint density at radius 3 is 2.43 bits per heavy atom. The fraction of sp³-hybridized carbons (Fsp3) is 0.529. The highest BCUT2D eigenvalue weighted by atomic mass is 16.4. The van der Waals surface area contributed by atoms with Gasteiger partial charge >= 0.3 is 6.09 Å². The number of aldehydes is 1. The molecule has 0 unspecified atom stereocenters. The molecule has 0 heterocycles. The third-order valence-corrected chi connectivity index (χ3v) is 4.06. The maximum atomic E-state index is 11.5. The molecule has 0 spiro atoms. The Kier molecular flexibility index (Phi) is 4.08. The molecular weight excluding hydrogens is 266 g/mol. The van der Waals surface area contributed by atoms with Gasteiger partial charge < -0.3 is 14.8 Å². The van der Waals surface area contributed by atoms with Crippen molar-refractivity contribution >= 4 is 12.4 Å². The van der Waals surface area contributed by atoms with E-state index in [-0.39, 0.29) is 16.7 Å². The van der Waals surface area contributed by atoms with Crippen LogP contribution in [0.15, 0.2) is 30.3 Å². The summed E-state index contributed by atoms with van der Waals surface area (Å²) >= 11 is 0. The molecule has 0 aromatic heterocycles. The number of benzene rings is 1. The second-order valence-corrected chi connectivity index (χ2v) is 7.17. The molecule has 114 valence electrons. The molecule has 21 heavy (non-hydrogen) atoms. The molecule has 1 amide bonds. The molecule has 1 aromatic rings. The van der Waals surface area contributed by atoms with Crippen LogP contribution in [0.4, 0.5) is 4.79 Å². The van der Waals surface area contributed by atoms with Crippen LogP contribution in [0.5, 0.6) is 0 Å². The normalized spacial score (nSPS) is 24.4. The summed E-state index contributed by atoms with van der Waals surface area (Å²) in [5, 5.41) is 9.47. The minimum atomic E-state index is -0.920. The Labute approximate surface area is 125 Å². The first-order chi connectivity index (χ1) is 9.78. The van der Waals surface area contributed by atoms with Crippen LogP contribution in [0, 0.1) is 11.3 Å². The number of nitrogens with zero attached hydrogens (tertiary/aromatic N) is 1. The predicted octanol–water partition coefficient (Wildman–Crippen LogP) is 3.17. The number of carbonyl (C=O) groups is 2. The monoisotopic (exact) mass is 289 g/mol. The van der Waals surface area contributed by atoms with Crippen LogP contribution in [-0.4, -0.2) is 35.5 Å². The highest BCUT2D eigenvalue weighted by Crippen LogP contribution is 2.53. The Balaban J connectivity index is 2.24. The number of hydrogen-bond acceptors (Lipinski definition) is 2. The minimum absolute atomic E-state index is 0.0817. The summed E-state index contributed by atoms with van der Waals surface area (Å²) in [6, 6.07) is 9.78. The number of amides is 1. The summed E-state index contributed by atoms with van der Waals surface area (Å²) in [4.78, 5) is 24.2. The molecule has 2 rings (SSSR count). The average molecular weight is 289 g/mol.